The van der Waals surface area contributed by atoms with Gasteiger partial charge in [-0.05, 0) is 43.5 Å². The van der Waals surface area contributed by atoms with Crippen LogP contribution in [0.25, 0.3) is 5.57 Å². The first-order valence-electron chi connectivity index (χ1n) is 13.6. The van der Waals surface area contributed by atoms with Gasteiger partial charge in [-0.25, -0.2) is 4.79 Å². The van der Waals surface area contributed by atoms with E-state index in [0.29, 0.717) is 17.5 Å². The molecule has 0 spiro atoms. The van der Waals surface area contributed by atoms with E-state index in [2.05, 4.69) is 0 Å². The third-order valence-corrected chi connectivity index (χ3v) is 8.50. The largest absolute Gasteiger partial charge is 0.507 e. The number of carbonyl (C=O) groups excluding carboxylic acids is 3. The van der Waals surface area contributed by atoms with E-state index >= 15 is 0 Å². The molecule has 1 aliphatic carbocycles. The molecule has 216 valence electrons. The maximum atomic E-state index is 14.4. The number of fused-ring (bicyclic) bond motifs is 6. The van der Waals surface area contributed by atoms with Gasteiger partial charge in [-0.3, -0.25) is 9.59 Å². The number of benzene rings is 2. The van der Waals surface area contributed by atoms with Crippen molar-refractivity contribution < 1.29 is 49.0 Å². The predicted octanol–water partition coefficient (Wildman–Crippen LogP) is 1.98. The fraction of sp³-hybridized carbons (Fsp3) is 0.433. The smallest absolute Gasteiger partial charge is 0.331 e. The zero-order valence-electron chi connectivity index (χ0n) is 22.9. The summed E-state index contributed by atoms with van der Waals surface area (Å²) >= 11 is 0. The Morgan fingerprint density at radius 1 is 1.02 bits per heavy atom. The van der Waals surface area contributed by atoms with Crippen LogP contribution in [0.3, 0.4) is 0 Å². The second-order valence-corrected chi connectivity index (χ2v) is 11.1. The summed E-state index contributed by atoms with van der Waals surface area (Å²) < 4.78 is 17.3. The molecule has 0 aromatic heterocycles. The van der Waals surface area contributed by atoms with E-state index in [-0.39, 0.29) is 45.4 Å². The van der Waals surface area contributed by atoms with Gasteiger partial charge in [-0.15, -0.1) is 0 Å². The van der Waals surface area contributed by atoms with Crippen molar-refractivity contribution in [2.75, 3.05) is 0 Å². The minimum atomic E-state index is -1.65. The van der Waals surface area contributed by atoms with Crippen LogP contribution in [0.1, 0.15) is 70.8 Å². The summed E-state index contributed by atoms with van der Waals surface area (Å²) in [5, 5.41) is 41.9. The first-order valence-corrected chi connectivity index (χ1v) is 13.6. The molecule has 6 rings (SSSR count). The van der Waals surface area contributed by atoms with Crippen molar-refractivity contribution >= 4 is 23.1 Å². The number of hydrogen-bond donors (Lipinski definition) is 4. The highest BCUT2D eigenvalue weighted by Gasteiger charge is 2.55. The summed E-state index contributed by atoms with van der Waals surface area (Å²) in [6, 6.07) is 6.75. The van der Waals surface area contributed by atoms with Gasteiger partial charge in [0.1, 0.15) is 41.5 Å². The number of ketones is 2. The van der Waals surface area contributed by atoms with Gasteiger partial charge >= 0.3 is 5.97 Å². The second-order valence-electron chi connectivity index (χ2n) is 11.1. The predicted molar refractivity (Wildman–Crippen MR) is 142 cm³/mol. The van der Waals surface area contributed by atoms with Gasteiger partial charge in [0.2, 0.25) is 18.3 Å². The van der Waals surface area contributed by atoms with E-state index in [1.165, 1.54) is 31.2 Å². The summed E-state index contributed by atoms with van der Waals surface area (Å²) in [5.74, 6) is -2.28. The van der Waals surface area contributed by atoms with Gasteiger partial charge in [0.15, 0.2) is 5.78 Å². The topological polar surface area (TPSA) is 163 Å². The van der Waals surface area contributed by atoms with Crippen LogP contribution in [-0.2, 0) is 14.3 Å². The summed E-state index contributed by atoms with van der Waals surface area (Å²) in [4.78, 5) is 43.4. The molecule has 4 N–H and O–H groups in total. The number of aliphatic hydroxyl groups excluding tert-OH is 3. The Hall–Kier alpha value is -3.77. The third-order valence-electron chi connectivity index (χ3n) is 8.50. The summed E-state index contributed by atoms with van der Waals surface area (Å²) in [5.41, 5.74) is 1.01. The van der Waals surface area contributed by atoms with Crippen LogP contribution in [0.4, 0.5) is 0 Å². The highest BCUT2D eigenvalue weighted by molar-refractivity contribution is 6.41. The minimum Gasteiger partial charge on any atom is -0.507 e. The van der Waals surface area contributed by atoms with Crippen molar-refractivity contribution in [2.45, 2.75) is 77.1 Å². The number of hydrogen-bond acceptors (Lipinski definition) is 11. The van der Waals surface area contributed by atoms with Gasteiger partial charge in [0, 0.05) is 16.7 Å². The van der Waals surface area contributed by atoms with E-state index in [0.717, 1.165) is 0 Å². The molecule has 0 radical (unpaired) electrons. The molecule has 11 nitrogen and oxygen atoms in total. The molecule has 3 heterocycles. The normalized spacial score (nSPS) is 31.2. The number of aromatic hydroxyl groups is 1. The highest BCUT2D eigenvalue weighted by atomic mass is 16.7. The summed E-state index contributed by atoms with van der Waals surface area (Å²) in [6.45, 7) is 7.03. The van der Waals surface area contributed by atoms with Crippen LogP contribution >= 0.6 is 0 Å². The number of nitrogens with zero attached hydrogens (tertiary/aromatic N) is 1. The quantitative estimate of drug-likeness (QED) is 0.401. The molecule has 1 unspecified atom stereocenters. The minimum absolute atomic E-state index is 0.00101. The van der Waals surface area contributed by atoms with Gasteiger partial charge in [0.25, 0.3) is 0 Å². The Labute approximate surface area is 235 Å². The van der Waals surface area contributed by atoms with Gasteiger partial charge in [0.05, 0.1) is 17.2 Å². The number of carbonyl (C=O) groups is 3. The fourth-order valence-corrected chi connectivity index (χ4v) is 6.20. The lowest BCUT2D eigenvalue weighted by Gasteiger charge is -2.41. The van der Waals surface area contributed by atoms with Gasteiger partial charge in [-0.1, -0.05) is 32.4 Å². The van der Waals surface area contributed by atoms with Crippen LogP contribution in [0.15, 0.2) is 36.0 Å². The van der Waals surface area contributed by atoms with E-state index in [4.69, 9.17) is 14.2 Å². The molecule has 2 aromatic rings. The fourth-order valence-electron chi connectivity index (χ4n) is 6.20. The molecule has 2 aromatic carbocycles. The SMILES string of the molecule is CC[C@@H](C)[C@H]1C(=O)OC2c3cc(C)cc(O)c3C3=C(C(=O)c4c(O[C@@H]5O[C@@H](C)[C@H](O)[C@H](O)[C@H]5O)cccc4C3=O)N21. The lowest BCUT2D eigenvalue weighted by molar-refractivity contribution is -0.268. The van der Waals surface area contributed by atoms with E-state index < -0.39 is 60.5 Å². The molecule has 8 atom stereocenters. The molecule has 3 aliphatic heterocycles. The van der Waals surface area contributed by atoms with Crippen molar-refractivity contribution in [3.05, 3.63) is 63.8 Å². The molecular weight excluding hydrogens is 534 g/mol. The average Bonchev–Trinajstić information content (AvgIpc) is 3.29. The molecule has 11 heteroatoms. The van der Waals surface area contributed by atoms with Gasteiger partial charge < -0.3 is 39.5 Å². The number of esters is 1. The maximum Gasteiger partial charge on any atom is 0.331 e. The monoisotopic (exact) mass is 565 g/mol. The molecule has 4 aliphatic rings. The van der Waals surface area contributed by atoms with Crippen LogP contribution in [0.2, 0.25) is 0 Å². The van der Waals surface area contributed by atoms with Crippen molar-refractivity contribution in [3.63, 3.8) is 0 Å². The van der Waals surface area contributed by atoms with Crippen molar-refractivity contribution in [2.24, 2.45) is 5.92 Å². The molecule has 0 amide bonds. The molecule has 0 bridgehead atoms. The van der Waals surface area contributed by atoms with E-state index in [1.807, 2.05) is 13.8 Å². The summed E-state index contributed by atoms with van der Waals surface area (Å²) in [7, 11) is 0. The Bertz CT molecular complexity index is 1510. The van der Waals surface area contributed by atoms with E-state index in [9.17, 15) is 34.8 Å². The number of ether oxygens (including phenoxy) is 3. The molecular formula is C30H31NO10. The highest BCUT2D eigenvalue weighted by Crippen LogP contribution is 2.53. The molecule has 41 heavy (non-hydrogen) atoms. The van der Waals surface area contributed by atoms with Crippen LogP contribution in [0, 0.1) is 12.8 Å². The number of allylic oxidation sites excluding steroid dienone is 2. The van der Waals surface area contributed by atoms with Crippen LogP contribution in [0.5, 0.6) is 11.5 Å². The number of aryl methyl sites for hydroxylation is 1. The van der Waals surface area contributed by atoms with Crippen LogP contribution in [-0.4, -0.2) is 79.6 Å². The number of Topliss-reactive ketones (excluding diaryl/α,β-unsaturated/α-hetero) is 2. The zero-order valence-corrected chi connectivity index (χ0v) is 22.9. The van der Waals surface area contributed by atoms with Crippen molar-refractivity contribution in [1.29, 1.82) is 0 Å². The molecule has 0 saturated carbocycles. The van der Waals surface area contributed by atoms with Crippen LogP contribution < -0.4 is 4.74 Å². The Kier molecular flexibility index (Phi) is 6.46. The first kappa shape index (κ1) is 27.4. The Morgan fingerprint density at radius 3 is 2.46 bits per heavy atom. The van der Waals surface area contributed by atoms with E-state index in [1.54, 1.807) is 17.9 Å². The van der Waals surface area contributed by atoms with Gasteiger partial charge in [-0.2, -0.15) is 0 Å². The number of aliphatic hydroxyl groups is 3. The third kappa shape index (κ3) is 3.91. The lowest BCUT2D eigenvalue weighted by Crippen LogP contribution is -2.58. The number of rotatable bonds is 4. The number of phenolic OH excluding ortho intramolecular Hbond substituents is 1. The summed E-state index contributed by atoms with van der Waals surface area (Å²) in [6.07, 6.45) is -7.36. The molecule has 2 fully saturated rings. The molecule has 2 saturated heterocycles. The zero-order chi connectivity index (χ0) is 29.5. The Balaban J connectivity index is 1.53. The van der Waals surface area contributed by atoms with Crippen molar-refractivity contribution in [1.82, 2.24) is 4.90 Å². The lowest BCUT2D eigenvalue weighted by atomic mass is 9.77. The number of phenols is 1. The average molecular weight is 566 g/mol. The van der Waals surface area contributed by atoms with Crippen molar-refractivity contribution in [3.8, 4) is 11.5 Å². The second kappa shape index (κ2) is 9.66. The first-order chi connectivity index (χ1) is 19.5. The standard InChI is InChI=1S/C30H31NO10/c1-5-12(3)21-29(38)41-28-15-9-11(2)10-16(32)18(15)20-22(31(21)28)25(35)19-14(24(20)34)7-6-8-17(19)40-30-27(37)26(36)23(33)13(4)39-30/h6-10,12-13,21,23,26-28,30,32-33,36-37H,5H2,1-4H3/t12-,13+,21+,23+,26+,27-,28?,30+/m1/s1. The Morgan fingerprint density at radius 2 is 1.76 bits per heavy atom. The maximum absolute atomic E-state index is 14.4.